The second-order valence-electron chi connectivity index (χ2n) is 4.07. The van der Waals surface area contributed by atoms with Crippen LogP contribution >= 0.6 is 15.9 Å². The van der Waals surface area contributed by atoms with Crippen LogP contribution < -0.4 is 11.1 Å². The highest BCUT2D eigenvalue weighted by Crippen LogP contribution is 2.20. The summed E-state index contributed by atoms with van der Waals surface area (Å²) < 4.78 is 0.922. The lowest BCUT2D eigenvalue weighted by Gasteiger charge is -2.21. The zero-order chi connectivity index (χ0) is 13.1. The number of nitrogens with two attached hydrogens (primary N) is 1. The minimum Gasteiger partial charge on any atom is -0.409 e. The van der Waals surface area contributed by atoms with E-state index in [0.717, 1.165) is 4.47 Å². The maximum atomic E-state index is 11.9. The molecule has 0 aliphatic carbocycles. The first-order chi connectivity index (χ1) is 7.87. The molecule has 0 unspecified atom stereocenters. The number of nitrogens with one attached hydrogen (secondary N) is 1. The SMILES string of the molecule is CC(C)(C(=O)Nc1ccc(Br)cc1)C(N)=NO. The molecule has 0 aromatic heterocycles. The van der Waals surface area contributed by atoms with Gasteiger partial charge in [0.15, 0.2) is 5.84 Å². The third-order valence-electron chi connectivity index (χ3n) is 2.42. The van der Waals surface area contributed by atoms with E-state index in [1.54, 1.807) is 26.0 Å². The summed E-state index contributed by atoms with van der Waals surface area (Å²) in [6.45, 7) is 3.16. The minimum absolute atomic E-state index is 0.132. The van der Waals surface area contributed by atoms with Gasteiger partial charge in [0.25, 0.3) is 0 Å². The maximum Gasteiger partial charge on any atom is 0.237 e. The zero-order valence-corrected chi connectivity index (χ0v) is 11.2. The van der Waals surface area contributed by atoms with Crippen molar-refractivity contribution in [2.45, 2.75) is 13.8 Å². The van der Waals surface area contributed by atoms with Crippen LogP contribution in [0.5, 0.6) is 0 Å². The molecule has 0 aliphatic rings. The summed E-state index contributed by atoms with van der Waals surface area (Å²) in [5.74, 6) is -0.470. The Hall–Kier alpha value is -1.56. The zero-order valence-electron chi connectivity index (χ0n) is 9.57. The van der Waals surface area contributed by atoms with Crippen LogP contribution in [0.2, 0.25) is 0 Å². The van der Waals surface area contributed by atoms with Gasteiger partial charge in [-0.2, -0.15) is 0 Å². The number of carbonyl (C=O) groups excluding carboxylic acids is 1. The quantitative estimate of drug-likeness (QED) is 0.346. The van der Waals surface area contributed by atoms with E-state index in [1.807, 2.05) is 12.1 Å². The van der Waals surface area contributed by atoms with Gasteiger partial charge in [-0.15, -0.1) is 0 Å². The number of halogens is 1. The molecule has 0 radical (unpaired) electrons. The number of nitrogens with zero attached hydrogens (tertiary/aromatic N) is 1. The van der Waals surface area contributed by atoms with Crippen LogP contribution in [0.4, 0.5) is 5.69 Å². The maximum absolute atomic E-state index is 11.9. The van der Waals surface area contributed by atoms with Crippen LogP contribution in [0.25, 0.3) is 0 Å². The minimum atomic E-state index is -1.07. The number of hydrogen-bond acceptors (Lipinski definition) is 3. The largest absolute Gasteiger partial charge is 0.409 e. The summed E-state index contributed by atoms with van der Waals surface area (Å²) in [4.78, 5) is 11.9. The predicted molar refractivity (Wildman–Crippen MR) is 70.0 cm³/mol. The van der Waals surface area contributed by atoms with E-state index in [1.165, 1.54) is 0 Å². The Morgan fingerprint density at radius 3 is 2.41 bits per heavy atom. The van der Waals surface area contributed by atoms with Crippen molar-refractivity contribution in [1.82, 2.24) is 0 Å². The molecule has 4 N–H and O–H groups in total. The van der Waals surface area contributed by atoms with E-state index in [0.29, 0.717) is 5.69 Å². The van der Waals surface area contributed by atoms with Gasteiger partial charge in [0, 0.05) is 10.2 Å². The van der Waals surface area contributed by atoms with Crippen LogP contribution in [0.3, 0.4) is 0 Å². The molecular formula is C11H14BrN3O2. The van der Waals surface area contributed by atoms with Crippen molar-refractivity contribution in [2.24, 2.45) is 16.3 Å². The van der Waals surface area contributed by atoms with Gasteiger partial charge in [-0.05, 0) is 38.1 Å². The number of anilines is 1. The van der Waals surface area contributed by atoms with Gasteiger partial charge in [0.2, 0.25) is 5.91 Å². The molecule has 1 amide bonds. The Labute approximate surface area is 108 Å². The molecule has 6 heteroatoms. The smallest absolute Gasteiger partial charge is 0.237 e. The fourth-order valence-corrected chi connectivity index (χ4v) is 1.33. The Morgan fingerprint density at radius 1 is 1.41 bits per heavy atom. The number of rotatable bonds is 3. The molecule has 1 aromatic rings. The molecule has 0 saturated heterocycles. The van der Waals surface area contributed by atoms with E-state index < -0.39 is 5.41 Å². The van der Waals surface area contributed by atoms with Crippen LogP contribution in [0, 0.1) is 5.41 Å². The lowest BCUT2D eigenvalue weighted by Crippen LogP contribution is -2.42. The van der Waals surface area contributed by atoms with Crippen molar-refractivity contribution in [1.29, 1.82) is 0 Å². The Kier molecular flexibility index (Phi) is 4.11. The molecule has 0 heterocycles. The van der Waals surface area contributed by atoms with Crippen molar-refractivity contribution in [2.75, 3.05) is 5.32 Å². The summed E-state index contributed by atoms with van der Waals surface area (Å²) >= 11 is 3.30. The lowest BCUT2D eigenvalue weighted by molar-refractivity contribution is -0.121. The summed E-state index contributed by atoms with van der Waals surface area (Å²) in [5, 5.41) is 14.2. The highest BCUT2D eigenvalue weighted by molar-refractivity contribution is 9.10. The lowest BCUT2D eigenvalue weighted by atomic mass is 9.91. The van der Waals surface area contributed by atoms with E-state index in [4.69, 9.17) is 10.9 Å². The number of oxime groups is 1. The van der Waals surface area contributed by atoms with E-state index in [2.05, 4.69) is 26.4 Å². The fourth-order valence-electron chi connectivity index (χ4n) is 1.06. The summed E-state index contributed by atoms with van der Waals surface area (Å²) in [7, 11) is 0. The van der Waals surface area contributed by atoms with E-state index in [9.17, 15) is 4.79 Å². The first kappa shape index (κ1) is 13.5. The van der Waals surface area contributed by atoms with Gasteiger partial charge in [0.1, 0.15) is 5.41 Å². The third kappa shape index (κ3) is 3.20. The Morgan fingerprint density at radius 2 is 1.94 bits per heavy atom. The molecule has 17 heavy (non-hydrogen) atoms. The molecule has 0 aliphatic heterocycles. The Bertz CT molecular complexity index is 441. The number of carbonyl (C=O) groups is 1. The molecule has 5 nitrogen and oxygen atoms in total. The molecular weight excluding hydrogens is 286 g/mol. The van der Waals surface area contributed by atoms with Crippen molar-refractivity contribution in [3.63, 3.8) is 0 Å². The highest BCUT2D eigenvalue weighted by Gasteiger charge is 2.32. The van der Waals surface area contributed by atoms with Crippen molar-refractivity contribution >= 4 is 33.4 Å². The Balaban J connectivity index is 2.82. The summed E-state index contributed by atoms with van der Waals surface area (Å²) in [6.07, 6.45) is 0. The van der Waals surface area contributed by atoms with Crippen LogP contribution in [-0.2, 0) is 4.79 Å². The average Bonchev–Trinajstić information content (AvgIpc) is 2.30. The molecule has 0 atom stereocenters. The van der Waals surface area contributed by atoms with E-state index in [-0.39, 0.29) is 11.7 Å². The number of amidine groups is 1. The normalized spacial score (nSPS) is 12.3. The first-order valence-corrected chi connectivity index (χ1v) is 5.72. The van der Waals surface area contributed by atoms with Crippen LogP contribution in [0.15, 0.2) is 33.9 Å². The second-order valence-corrected chi connectivity index (χ2v) is 4.99. The topological polar surface area (TPSA) is 87.7 Å². The van der Waals surface area contributed by atoms with Crippen LogP contribution in [-0.4, -0.2) is 17.0 Å². The van der Waals surface area contributed by atoms with Crippen molar-refractivity contribution < 1.29 is 10.0 Å². The van der Waals surface area contributed by atoms with E-state index >= 15 is 0 Å². The molecule has 0 saturated carbocycles. The monoisotopic (exact) mass is 299 g/mol. The van der Waals surface area contributed by atoms with Gasteiger partial charge in [-0.3, -0.25) is 4.79 Å². The summed E-state index contributed by atoms with van der Waals surface area (Å²) in [6, 6.07) is 7.13. The van der Waals surface area contributed by atoms with Gasteiger partial charge < -0.3 is 16.3 Å². The molecule has 0 spiro atoms. The second kappa shape index (κ2) is 5.18. The van der Waals surface area contributed by atoms with Crippen LogP contribution in [0.1, 0.15) is 13.8 Å². The third-order valence-corrected chi connectivity index (χ3v) is 2.95. The number of benzene rings is 1. The van der Waals surface area contributed by atoms with Gasteiger partial charge in [-0.25, -0.2) is 0 Å². The van der Waals surface area contributed by atoms with Crippen molar-refractivity contribution in [3.05, 3.63) is 28.7 Å². The molecule has 92 valence electrons. The van der Waals surface area contributed by atoms with Crippen molar-refractivity contribution in [3.8, 4) is 0 Å². The average molecular weight is 300 g/mol. The molecule has 0 fully saturated rings. The van der Waals surface area contributed by atoms with Gasteiger partial charge in [-0.1, -0.05) is 21.1 Å². The number of amides is 1. The fraction of sp³-hybridized carbons (Fsp3) is 0.273. The van der Waals surface area contributed by atoms with Gasteiger partial charge in [0.05, 0.1) is 0 Å². The molecule has 1 aromatic carbocycles. The standard InChI is InChI=1S/C11H14BrN3O2/c1-11(2,9(13)15-17)10(16)14-8-5-3-7(12)4-6-8/h3-6,17H,1-2H3,(H2,13,15)(H,14,16). The summed E-state index contributed by atoms with van der Waals surface area (Å²) in [5.41, 5.74) is 5.04. The molecule has 1 rings (SSSR count). The first-order valence-electron chi connectivity index (χ1n) is 4.93. The van der Waals surface area contributed by atoms with Gasteiger partial charge >= 0.3 is 0 Å². The highest BCUT2D eigenvalue weighted by atomic mass is 79.9. The predicted octanol–water partition coefficient (Wildman–Crippen LogP) is 2.16. The molecule has 0 bridgehead atoms. The number of hydrogen-bond donors (Lipinski definition) is 3.